The van der Waals surface area contributed by atoms with Gasteiger partial charge in [0.1, 0.15) is 6.10 Å². The standard InChI is InChI=1S/C26H38NO2/c1-4-27(19(2)3)22-14-15-23(27)18-24(17-22)29-26(28)16-21-12-8-9-13-25(21)20-10-6-5-7-11-20/h5-7,10-11,19,22-24H,4,8-9,12-18H2,1-3H3/q+1. The van der Waals surface area contributed by atoms with Crippen LogP contribution in [0.5, 0.6) is 0 Å². The molecule has 2 heterocycles. The van der Waals surface area contributed by atoms with E-state index in [1.54, 1.807) is 0 Å². The molecule has 158 valence electrons. The Labute approximate surface area is 176 Å². The summed E-state index contributed by atoms with van der Waals surface area (Å²) in [5.41, 5.74) is 3.98. The Balaban J connectivity index is 1.42. The fourth-order valence-electron chi connectivity index (χ4n) is 6.87. The number of hydrogen-bond acceptors (Lipinski definition) is 2. The van der Waals surface area contributed by atoms with Gasteiger partial charge in [-0.05, 0) is 57.6 Å². The van der Waals surface area contributed by atoms with Crippen LogP contribution in [0.3, 0.4) is 0 Å². The van der Waals surface area contributed by atoms with E-state index in [2.05, 4.69) is 51.1 Å². The van der Waals surface area contributed by atoms with Crippen molar-refractivity contribution in [3.63, 3.8) is 0 Å². The molecule has 0 N–H and O–H groups in total. The minimum Gasteiger partial charge on any atom is -0.462 e. The molecule has 2 unspecified atom stereocenters. The maximum absolute atomic E-state index is 12.9. The van der Waals surface area contributed by atoms with Crippen molar-refractivity contribution in [2.75, 3.05) is 6.54 Å². The molecule has 2 bridgehead atoms. The number of carbonyl (C=O) groups is 1. The van der Waals surface area contributed by atoms with Crippen LogP contribution in [-0.4, -0.2) is 41.2 Å². The number of esters is 1. The molecule has 1 aliphatic carbocycles. The molecular weight excluding hydrogens is 358 g/mol. The van der Waals surface area contributed by atoms with Crippen molar-refractivity contribution in [2.24, 2.45) is 0 Å². The van der Waals surface area contributed by atoms with E-state index in [0.29, 0.717) is 24.5 Å². The highest BCUT2D eigenvalue weighted by Crippen LogP contribution is 2.45. The highest BCUT2D eigenvalue weighted by molar-refractivity contribution is 5.79. The van der Waals surface area contributed by atoms with E-state index < -0.39 is 0 Å². The second kappa shape index (κ2) is 8.63. The van der Waals surface area contributed by atoms with Crippen LogP contribution in [-0.2, 0) is 9.53 Å². The quantitative estimate of drug-likeness (QED) is 0.443. The van der Waals surface area contributed by atoms with Crippen molar-refractivity contribution >= 4 is 11.5 Å². The average molecular weight is 397 g/mol. The first-order valence-corrected chi connectivity index (χ1v) is 11.9. The molecule has 0 amide bonds. The molecule has 4 rings (SSSR count). The second-order valence-corrected chi connectivity index (χ2v) is 9.71. The zero-order valence-corrected chi connectivity index (χ0v) is 18.5. The first-order chi connectivity index (χ1) is 14.0. The van der Waals surface area contributed by atoms with E-state index in [1.807, 2.05) is 0 Å². The number of nitrogens with zero attached hydrogens (tertiary/aromatic N) is 1. The van der Waals surface area contributed by atoms with Crippen LogP contribution in [0.15, 0.2) is 35.9 Å². The Morgan fingerprint density at radius 2 is 1.72 bits per heavy atom. The van der Waals surface area contributed by atoms with Crippen LogP contribution in [0.4, 0.5) is 0 Å². The van der Waals surface area contributed by atoms with Crippen molar-refractivity contribution in [3.8, 4) is 0 Å². The van der Waals surface area contributed by atoms with E-state index in [1.165, 1.54) is 53.4 Å². The van der Waals surface area contributed by atoms with Crippen LogP contribution in [0.1, 0.15) is 84.1 Å². The number of hydrogen-bond donors (Lipinski definition) is 0. The second-order valence-electron chi connectivity index (χ2n) is 9.71. The van der Waals surface area contributed by atoms with Gasteiger partial charge in [0.05, 0.1) is 31.1 Å². The van der Waals surface area contributed by atoms with Crippen molar-refractivity contribution in [2.45, 2.75) is 103 Å². The van der Waals surface area contributed by atoms with Crippen LogP contribution >= 0.6 is 0 Å². The Kier molecular flexibility index (Phi) is 6.15. The zero-order chi connectivity index (χ0) is 20.4. The van der Waals surface area contributed by atoms with E-state index in [9.17, 15) is 4.79 Å². The van der Waals surface area contributed by atoms with Crippen molar-refractivity contribution in [3.05, 3.63) is 41.5 Å². The maximum atomic E-state index is 12.9. The minimum absolute atomic E-state index is 0.000719. The average Bonchev–Trinajstić information content (AvgIpc) is 2.93. The minimum atomic E-state index is 0.000719. The number of benzene rings is 1. The lowest BCUT2D eigenvalue weighted by atomic mass is 9.86. The predicted octanol–water partition coefficient (Wildman–Crippen LogP) is 5.89. The van der Waals surface area contributed by atoms with Crippen molar-refractivity contribution < 1.29 is 14.0 Å². The smallest absolute Gasteiger partial charge is 0.310 e. The maximum Gasteiger partial charge on any atom is 0.310 e. The monoisotopic (exact) mass is 396 g/mol. The van der Waals surface area contributed by atoms with E-state index in [0.717, 1.165) is 25.7 Å². The van der Waals surface area contributed by atoms with E-state index in [4.69, 9.17) is 4.74 Å². The third-order valence-corrected chi connectivity index (χ3v) is 8.13. The van der Waals surface area contributed by atoms with E-state index in [-0.39, 0.29) is 12.1 Å². The topological polar surface area (TPSA) is 26.3 Å². The van der Waals surface area contributed by atoms with Gasteiger partial charge >= 0.3 is 5.97 Å². The summed E-state index contributed by atoms with van der Waals surface area (Å²) in [6.07, 6.45) is 9.86. The summed E-state index contributed by atoms with van der Waals surface area (Å²) in [5, 5.41) is 0. The number of quaternary nitrogens is 1. The zero-order valence-electron chi connectivity index (χ0n) is 18.5. The molecule has 1 aromatic carbocycles. The van der Waals surface area contributed by atoms with Gasteiger partial charge in [0.2, 0.25) is 0 Å². The molecule has 3 heteroatoms. The first-order valence-electron chi connectivity index (χ1n) is 11.9. The lowest BCUT2D eigenvalue weighted by Crippen LogP contribution is -2.64. The van der Waals surface area contributed by atoms with Crippen LogP contribution in [0.25, 0.3) is 5.57 Å². The van der Waals surface area contributed by atoms with Crippen molar-refractivity contribution in [1.82, 2.24) is 0 Å². The molecule has 1 aromatic rings. The van der Waals surface area contributed by atoms with Gasteiger partial charge in [-0.15, -0.1) is 0 Å². The Morgan fingerprint density at radius 3 is 2.34 bits per heavy atom. The van der Waals surface area contributed by atoms with Crippen LogP contribution < -0.4 is 0 Å². The Hall–Kier alpha value is -1.61. The lowest BCUT2D eigenvalue weighted by molar-refractivity contribution is -0.983. The van der Waals surface area contributed by atoms with E-state index >= 15 is 0 Å². The summed E-state index contributed by atoms with van der Waals surface area (Å²) in [7, 11) is 0. The summed E-state index contributed by atoms with van der Waals surface area (Å²) >= 11 is 0. The van der Waals surface area contributed by atoms with Crippen molar-refractivity contribution in [1.29, 1.82) is 0 Å². The van der Waals surface area contributed by atoms with Gasteiger partial charge in [0, 0.05) is 25.7 Å². The molecule has 2 saturated heterocycles. The fourth-order valence-corrected chi connectivity index (χ4v) is 6.87. The fraction of sp³-hybridized carbons (Fsp3) is 0.654. The Bertz CT molecular complexity index is 737. The van der Waals surface area contributed by atoms with Gasteiger partial charge in [-0.1, -0.05) is 35.9 Å². The molecule has 0 spiro atoms. The highest BCUT2D eigenvalue weighted by Gasteiger charge is 2.55. The molecule has 0 aromatic heterocycles. The summed E-state index contributed by atoms with van der Waals surface area (Å²) in [4.78, 5) is 12.9. The third-order valence-electron chi connectivity index (χ3n) is 8.13. The molecule has 2 atom stereocenters. The molecule has 29 heavy (non-hydrogen) atoms. The number of fused-ring (bicyclic) bond motifs is 2. The molecule has 3 aliphatic rings. The lowest BCUT2D eigenvalue weighted by Gasteiger charge is -2.52. The molecule has 2 aliphatic heterocycles. The largest absolute Gasteiger partial charge is 0.462 e. The highest BCUT2D eigenvalue weighted by atomic mass is 16.5. The van der Waals surface area contributed by atoms with Gasteiger partial charge in [-0.3, -0.25) is 4.79 Å². The number of allylic oxidation sites excluding steroid dienone is 1. The number of ether oxygens (including phenoxy) is 1. The normalized spacial score (nSPS) is 31.9. The number of carbonyl (C=O) groups excluding carboxylic acids is 1. The molecule has 0 saturated carbocycles. The SMILES string of the molecule is CC[N+]1(C(C)C)C2CCC1CC(OC(=O)CC1=C(c3ccccc3)CCCC1)C2. The molecular formula is C26H38NO2+. The third kappa shape index (κ3) is 3.91. The van der Waals surface area contributed by atoms with Gasteiger partial charge in [-0.25, -0.2) is 0 Å². The number of rotatable bonds is 6. The molecule has 3 nitrogen and oxygen atoms in total. The summed E-state index contributed by atoms with van der Waals surface area (Å²) < 4.78 is 7.34. The van der Waals surface area contributed by atoms with Gasteiger partial charge in [0.15, 0.2) is 0 Å². The summed E-state index contributed by atoms with van der Waals surface area (Å²) in [5.74, 6) is 0.000719. The summed E-state index contributed by atoms with van der Waals surface area (Å²) in [6.45, 7) is 8.31. The first kappa shape index (κ1) is 20.7. The van der Waals surface area contributed by atoms with Crippen LogP contribution in [0, 0.1) is 0 Å². The number of piperidine rings is 1. The Morgan fingerprint density at radius 1 is 1.07 bits per heavy atom. The molecule has 2 fully saturated rings. The van der Waals surface area contributed by atoms with Gasteiger partial charge < -0.3 is 9.22 Å². The summed E-state index contributed by atoms with van der Waals surface area (Å²) in [6, 6.07) is 12.6. The predicted molar refractivity (Wildman–Crippen MR) is 118 cm³/mol. The van der Waals surface area contributed by atoms with Gasteiger partial charge in [0.25, 0.3) is 0 Å². The van der Waals surface area contributed by atoms with Crippen LogP contribution in [0.2, 0.25) is 0 Å². The molecule has 0 radical (unpaired) electrons. The van der Waals surface area contributed by atoms with Gasteiger partial charge in [-0.2, -0.15) is 0 Å².